The van der Waals surface area contributed by atoms with Crippen molar-refractivity contribution in [2.24, 2.45) is 5.92 Å². The van der Waals surface area contributed by atoms with Gasteiger partial charge in [-0.15, -0.1) is 0 Å². The van der Waals surface area contributed by atoms with Gasteiger partial charge in [-0.1, -0.05) is 18.2 Å². The summed E-state index contributed by atoms with van der Waals surface area (Å²) in [7, 11) is 0. The van der Waals surface area contributed by atoms with Crippen molar-refractivity contribution in [1.82, 2.24) is 15.1 Å². The van der Waals surface area contributed by atoms with Crippen LogP contribution in [0.25, 0.3) is 5.69 Å². The van der Waals surface area contributed by atoms with Crippen LogP contribution in [0.3, 0.4) is 0 Å². The fourth-order valence-electron chi connectivity index (χ4n) is 3.20. The number of aromatic nitrogens is 2. The fourth-order valence-corrected chi connectivity index (χ4v) is 3.20. The Balaban J connectivity index is 1.38. The largest absolute Gasteiger partial charge is 0.381 e. The molecule has 1 atom stereocenters. The molecule has 5 heteroatoms. The molecule has 1 aliphatic rings. The minimum absolute atomic E-state index is 0.156. The number of benzene rings is 1. The molecule has 1 unspecified atom stereocenters. The molecule has 2 aromatic rings. The number of hydrogen-bond acceptors (Lipinski definition) is 3. The van der Waals surface area contributed by atoms with Gasteiger partial charge in [-0.25, -0.2) is 4.68 Å². The van der Waals surface area contributed by atoms with Gasteiger partial charge in [0.05, 0.1) is 11.4 Å². The number of nitrogens with zero attached hydrogens (tertiary/aromatic N) is 2. The van der Waals surface area contributed by atoms with Crippen LogP contribution in [-0.2, 0) is 16.0 Å². The molecule has 0 saturated carbocycles. The van der Waals surface area contributed by atoms with Gasteiger partial charge >= 0.3 is 0 Å². The average molecular weight is 341 g/mol. The molecule has 0 spiro atoms. The van der Waals surface area contributed by atoms with E-state index >= 15 is 0 Å². The summed E-state index contributed by atoms with van der Waals surface area (Å²) < 4.78 is 7.27. The molecular weight excluding hydrogens is 314 g/mol. The van der Waals surface area contributed by atoms with Crippen LogP contribution >= 0.6 is 0 Å². The van der Waals surface area contributed by atoms with E-state index in [2.05, 4.69) is 16.6 Å². The monoisotopic (exact) mass is 341 g/mol. The second-order valence-corrected chi connectivity index (χ2v) is 6.74. The molecule has 25 heavy (non-hydrogen) atoms. The quantitative estimate of drug-likeness (QED) is 0.751. The number of carbonyl (C=O) groups excluding carboxylic acids is 1. The van der Waals surface area contributed by atoms with E-state index < -0.39 is 0 Å². The SMILES string of the molecule is Cc1nn(-c2ccccc2)cc1CCCNC(=O)CCC1CCOC1. The predicted molar refractivity (Wildman–Crippen MR) is 97.8 cm³/mol. The highest BCUT2D eigenvalue weighted by Gasteiger charge is 2.16. The molecule has 1 aromatic heterocycles. The molecule has 1 aliphatic heterocycles. The predicted octanol–water partition coefficient (Wildman–Crippen LogP) is 3.05. The molecule has 1 saturated heterocycles. The highest BCUT2D eigenvalue weighted by Crippen LogP contribution is 2.17. The molecule has 134 valence electrons. The lowest BCUT2D eigenvalue weighted by molar-refractivity contribution is -0.121. The Kier molecular flexibility index (Phi) is 6.23. The zero-order valence-corrected chi connectivity index (χ0v) is 14.9. The summed E-state index contributed by atoms with van der Waals surface area (Å²) in [4.78, 5) is 11.9. The minimum Gasteiger partial charge on any atom is -0.381 e. The van der Waals surface area contributed by atoms with Crippen LogP contribution in [0.4, 0.5) is 0 Å². The smallest absolute Gasteiger partial charge is 0.220 e. The van der Waals surface area contributed by atoms with E-state index in [-0.39, 0.29) is 5.91 Å². The van der Waals surface area contributed by atoms with Gasteiger partial charge in [-0.3, -0.25) is 4.79 Å². The summed E-state index contributed by atoms with van der Waals surface area (Å²) in [5.41, 5.74) is 3.36. The third-order valence-electron chi connectivity index (χ3n) is 4.77. The molecule has 1 N–H and O–H groups in total. The van der Waals surface area contributed by atoms with Gasteiger partial charge in [0.15, 0.2) is 0 Å². The first-order valence-corrected chi connectivity index (χ1v) is 9.17. The van der Waals surface area contributed by atoms with Crippen molar-refractivity contribution in [2.75, 3.05) is 19.8 Å². The van der Waals surface area contributed by atoms with Gasteiger partial charge in [0, 0.05) is 32.4 Å². The molecule has 0 radical (unpaired) electrons. The van der Waals surface area contributed by atoms with E-state index in [9.17, 15) is 4.79 Å². The summed E-state index contributed by atoms with van der Waals surface area (Å²) >= 11 is 0. The Morgan fingerprint density at radius 1 is 1.36 bits per heavy atom. The first kappa shape index (κ1) is 17.7. The molecule has 1 aromatic carbocycles. The number of ether oxygens (including phenoxy) is 1. The molecule has 5 nitrogen and oxygen atoms in total. The minimum atomic E-state index is 0.156. The van der Waals surface area contributed by atoms with Gasteiger partial charge in [0.2, 0.25) is 5.91 Å². The Hall–Kier alpha value is -2.14. The van der Waals surface area contributed by atoms with Crippen molar-refractivity contribution in [2.45, 2.75) is 39.0 Å². The van der Waals surface area contributed by atoms with Crippen LogP contribution in [0.15, 0.2) is 36.5 Å². The number of rotatable bonds is 8. The van der Waals surface area contributed by atoms with E-state index in [1.54, 1.807) is 0 Å². The van der Waals surface area contributed by atoms with Crippen LogP contribution < -0.4 is 5.32 Å². The number of carbonyl (C=O) groups is 1. The van der Waals surface area contributed by atoms with E-state index in [1.165, 1.54) is 5.56 Å². The van der Waals surface area contributed by atoms with E-state index in [1.807, 2.05) is 41.9 Å². The first-order valence-electron chi connectivity index (χ1n) is 9.17. The number of nitrogens with one attached hydrogen (secondary N) is 1. The zero-order valence-electron chi connectivity index (χ0n) is 14.9. The van der Waals surface area contributed by atoms with Crippen molar-refractivity contribution >= 4 is 5.91 Å². The molecule has 1 fully saturated rings. The summed E-state index contributed by atoms with van der Waals surface area (Å²) in [5.74, 6) is 0.723. The first-order chi connectivity index (χ1) is 12.2. The number of amides is 1. The highest BCUT2D eigenvalue weighted by atomic mass is 16.5. The lowest BCUT2D eigenvalue weighted by Gasteiger charge is -2.08. The van der Waals surface area contributed by atoms with Gasteiger partial charge < -0.3 is 10.1 Å². The van der Waals surface area contributed by atoms with Crippen molar-refractivity contribution in [3.8, 4) is 5.69 Å². The molecule has 3 rings (SSSR count). The summed E-state index contributed by atoms with van der Waals surface area (Å²) in [5, 5.41) is 7.61. The second-order valence-electron chi connectivity index (χ2n) is 6.74. The topological polar surface area (TPSA) is 56.2 Å². The van der Waals surface area contributed by atoms with Crippen LogP contribution in [-0.4, -0.2) is 35.4 Å². The van der Waals surface area contributed by atoms with Crippen molar-refractivity contribution in [3.63, 3.8) is 0 Å². The van der Waals surface area contributed by atoms with Crippen LogP contribution in [0.2, 0.25) is 0 Å². The number of para-hydroxylation sites is 1. The highest BCUT2D eigenvalue weighted by molar-refractivity contribution is 5.75. The maximum Gasteiger partial charge on any atom is 0.220 e. The Labute approximate surface area is 149 Å². The van der Waals surface area contributed by atoms with Crippen LogP contribution in [0, 0.1) is 12.8 Å². The maximum absolute atomic E-state index is 11.9. The standard InChI is InChI=1S/C20H27N3O2/c1-16-18(14-23(22-16)19-7-3-2-4-8-19)6-5-12-21-20(24)10-9-17-11-13-25-15-17/h2-4,7-8,14,17H,5-6,9-13,15H2,1H3,(H,21,24). The number of aryl methyl sites for hydroxylation is 2. The third kappa shape index (κ3) is 5.16. The normalized spacial score (nSPS) is 16.9. The van der Waals surface area contributed by atoms with Gasteiger partial charge in [-0.2, -0.15) is 5.10 Å². The third-order valence-corrected chi connectivity index (χ3v) is 4.77. The Bertz CT molecular complexity index is 676. The zero-order chi connectivity index (χ0) is 17.5. The summed E-state index contributed by atoms with van der Waals surface area (Å²) in [6.45, 7) is 4.42. The number of hydrogen-bond donors (Lipinski definition) is 1. The van der Waals surface area contributed by atoms with Crippen molar-refractivity contribution in [1.29, 1.82) is 0 Å². The molecule has 0 bridgehead atoms. The maximum atomic E-state index is 11.9. The molecule has 0 aliphatic carbocycles. The van der Waals surface area contributed by atoms with Crippen LogP contribution in [0.1, 0.15) is 36.9 Å². The second kappa shape index (κ2) is 8.81. The van der Waals surface area contributed by atoms with E-state index in [0.717, 1.165) is 56.8 Å². The van der Waals surface area contributed by atoms with Crippen LogP contribution in [0.5, 0.6) is 0 Å². The van der Waals surface area contributed by atoms with Gasteiger partial charge in [0.25, 0.3) is 0 Å². The molecule has 1 amide bonds. The lowest BCUT2D eigenvalue weighted by Crippen LogP contribution is -2.25. The van der Waals surface area contributed by atoms with E-state index in [0.29, 0.717) is 12.3 Å². The fraction of sp³-hybridized carbons (Fsp3) is 0.500. The Morgan fingerprint density at radius 2 is 2.20 bits per heavy atom. The lowest BCUT2D eigenvalue weighted by atomic mass is 10.0. The molecule has 2 heterocycles. The summed E-state index contributed by atoms with van der Waals surface area (Å²) in [6.07, 6.45) is 6.59. The van der Waals surface area contributed by atoms with Gasteiger partial charge in [-0.05, 0) is 56.2 Å². The average Bonchev–Trinajstić information content (AvgIpc) is 3.28. The van der Waals surface area contributed by atoms with Gasteiger partial charge in [0.1, 0.15) is 0 Å². The van der Waals surface area contributed by atoms with Crippen molar-refractivity contribution < 1.29 is 9.53 Å². The van der Waals surface area contributed by atoms with Crippen molar-refractivity contribution in [3.05, 3.63) is 47.8 Å². The molecular formula is C20H27N3O2. The Morgan fingerprint density at radius 3 is 2.96 bits per heavy atom. The van der Waals surface area contributed by atoms with E-state index in [4.69, 9.17) is 4.74 Å². The summed E-state index contributed by atoms with van der Waals surface area (Å²) in [6, 6.07) is 10.1.